The number of fused-ring (bicyclic) bond motifs is 1. The van der Waals surface area contributed by atoms with Crippen molar-refractivity contribution in [2.45, 2.75) is 0 Å². The molecule has 1 heterocycles. The lowest BCUT2D eigenvalue weighted by Gasteiger charge is -1.97. The second-order valence-electron chi connectivity index (χ2n) is 2.57. The van der Waals surface area contributed by atoms with Crippen LogP contribution < -0.4 is 0 Å². The molecule has 0 unspecified atom stereocenters. The number of aryl methyl sites for hydroxylation is 1. The molecule has 0 saturated heterocycles. The standard InChI is InChI=1S/C8H6FIN2/c1-12-8-5(4-11-12)2-3-6(10)7(8)9/h2-4H,1H3. The van der Waals surface area contributed by atoms with Crippen LogP contribution in [-0.2, 0) is 7.05 Å². The fourth-order valence-corrected chi connectivity index (χ4v) is 1.63. The molecular formula is C8H6FIN2. The maximum atomic E-state index is 13.4. The zero-order valence-corrected chi connectivity index (χ0v) is 8.54. The summed E-state index contributed by atoms with van der Waals surface area (Å²) in [5, 5.41) is 4.81. The first kappa shape index (κ1) is 7.97. The minimum atomic E-state index is -0.187. The number of hydrogen-bond acceptors (Lipinski definition) is 1. The molecule has 0 aliphatic heterocycles. The summed E-state index contributed by atoms with van der Waals surface area (Å²) in [5.74, 6) is -0.187. The third-order valence-corrected chi connectivity index (χ3v) is 2.63. The van der Waals surface area contributed by atoms with E-state index >= 15 is 0 Å². The van der Waals surface area contributed by atoms with Crippen molar-refractivity contribution < 1.29 is 4.39 Å². The van der Waals surface area contributed by atoms with Gasteiger partial charge in [0.2, 0.25) is 0 Å². The van der Waals surface area contributed by atoms with E-state index in [2.05, 4.69) is 5.10 Å². The van der Waals surface area contributed by atoms with Crippen LogP contribution in [0.4, 0.5) is 4.39 Å². The highest BCUT2D eigenvalue weighted by Crippen LogP contribution is 2.21. The quantitative estimate of drug-likeness (QED) is 0.675. The first-order valence-electron chi connectivity index (χ1n) is 3.46. The fraction of sp³-hybridized carbons (Fsp3) is 0.125. The van der Waals surface area contributed by atoms with Crippen molar-refractivity contribution in [2.75, 3.05) is 0 Å². The largest absolute Gasteiger partial charge is 0.265 e. The van der Waals surface area contributed by atoms with Gasteiger partial charge in [-0.15, -0.1) is 0 Å². The zero-order chi connectivity index (χ0) is 8.72. The fourth-order valence-electron chi connectivity index (χ4n) is 1.19. The number of rotatable bonds is 0. The van der Waals surface area contributed by atoms with Crippen LogP contribution in [0.3, 0.4) is 0 Å². The average molecular weight is 276 g/mol. The summed E-state index contributed by atoms with van der Waals surface area (Å²) in [6.07, 6.45) is 1.66. The zero-order valence-electron chi connectivity index (χ0n) is 6.38. The van der Waals surface area contributed by atoms with Gasteiger partial charge in [-0.2, -0.15) is 5.10 Å². The molecule has 0 aliphatic rings. The summed E-state index contributed by atoms with van der Waals surface area (Å²) in [6.45, 7) is 0. The molecular weight excluding hydrogens is 270 g/mol. The molecule has 0 spiro atoms. The normalized spacial score (nSPS) is 10.9. The van der Waals surface area contributed by atoms with Gasteiger partial charge < -0.3 is 0 Å². The first-order valence-corrected chi connectivity index (χ1v) is 4.54. The molecule has 12 heavy (non-hydrogen) atoms. The number of aromatic nitrogens is 2. The predicted octanol–water partition coefficient (Wildman–Crippen LogP) is 2.32. The van der Waals surface area contributed by atoms with E-state index < -0.39 is 0 Å². The van der Waals surface area contributed by atoms with Gasteiger partial charge in [0.25, 0.3) is 0 Å². The van der Waals surface area contributed by atoms with E-state index in [9.17, 15) is 4.39 Å². The number of nitrogens with zero attached hydrogens (tertiary/aromatic N) is 2. The third kappa shape index (κ3) is 1.01. The van der Waals surface area contributed by atoms with Crippen molar-refractivity contribution in [2.24, 2.45) is 7.05 Å². The number of benzene rings is 1. The summed E-state index contributed by atoms with van der Waals surface area (Å²) >= 11 is 1.97. The van der Waals surface area contributed by atoms with Crippen molar-refractivity contribution in [3.05, 3.63) is 27.7 Å². The van der Waals surface area contributed by atoms with Crippen molar-refractivity contribution >= 4 is 33.5 Å². The third-order valence-electron chi connectivity index (χ3n) is 1.79. The Morgan fingerprint density at radius 3 is 3.00 bits per heavy atom. The minimum absolute atomic E-state index is 0.187. The van der Waals surface area contributed by atoms with Gasteiger partial charge >= 0.3 is 0 Å². The Morgan fingerprint density at radius 2 is 2.25 bits per heavy atom. The Balaban J connectivity index is 2.96. The molecule has 2 rings (SSSR count). The summed E-state index contributed by atoms with van der Waals surface area (Å²) in [4.78, 5) is 0. The summed E-state index contributed by atoms with van der Waals surface area (Å²) in [5.41, 5.74) is 0.571. The molecule has 2 nitrogen and oxygen atoms in total. The lowest BCUT2D eigenvalue weighted by Crippen LogP contribution is -1.93. The molecule has 0 saturated carbocycles. The molecule has 0 amide bonds. The van der Waals surface area contributed by atoms with Gasteiger partial charge in [-0.05, 0) is 34.7 Å². The van der Waals surface area contributed by atoms with Crippen LogP contribution in [0.15, 0.2) is 18.3 Å². The highest BCUT2D eigenvalue weighted by Gasteiger charge is 2.08. The maximum Gasteiger partial charge on any atom is 0.162 e. The SMILES string of the molecule is Cn1ncc2ccc(I)c(F)c21. The van der Waals surface area contributed by atoms with Crippen LogP contribution in [0.25, 0.3) is 10.9 Å². The second-order valence-corrected chi connectivity index (χ2v) is 3.73. The van der Waals surface area contributed by atoms with E-state index in [0.29, 0.717) is 9.09 Å². The highest BCUT2D eigenvalue weighted by molar-refractivity contribution is 14.1. The van der Waals surface area contributed by atoms with Gasteiger partial charge in [0.1, 0.15) is 5.52 Å². The van der Waals surface area contributed by atoms with Gasteiger partial charge in [0.15, 0.2) is 5.82 Å². The summed E-state index contributed by atoms with van der Waals surface area (Å²) in [6, 6.07) is 3.62. The van der Waals surface area contributed by atoms with E-state index in [1.54, 1.807) is 24.0 Å². The van der Waals surface area contributed by atoms with Gasteiger partial charge in [0.05, 0.1) is 9.77 Å². The molecule has 0 bridgehead atoms. The van der Waals surface area contributed by atoms with Crippen molar-refractivity contribution in [3.8, 4) is 0 Å². The van der Waals surface area contributed by atoms with E-state index in [1.165, 1.54) is 0 Å². The van der Waals surface area contributed by atoms with Crippen molar-refractivity contribution in [1.29, 1.82) is 0 Å². The lowest BCUT2D eigenvalue weighted by atomic mass is 10.2. The Bertz CT molecular complexity index is 436. The average Bonchev–Trinajstić information content (AvgIpc) is 2.41. The molecule has 1 aromatic carbocycles. The Kier molecular flexibility index (Phi) is 1.79. The molecule has 0 fully saturated rings. The van der Waals surface area contributed by atoms with Gasteiger partial charge in [-0.1, -0.05) is 0 Å². The van der Waals surface area contributed by atoms with E-state index in [4.69, 9.17) is 0 Å². The van der Waals surface area contributed by atoms with Crippen LogP contribution in [0.1, 0.15) is 0 Å². The topological polar surface area (TPSA) is 17.8 Å². The molecule has 0 aliphatic carbocycles. The summed E-state index contributed by atoms with van der Waals surface area (Å²) in [7, 11) is 1.74. The molecule has 1 aromatic heterocycles. The number of hydrogen-bond donors (Lipinski definition) is 0. The van der Waals surface area contributed by atoms with Crippen LogP contribution in [0.2, 0.25) is 0 Å². The molecule has 2 aromatic rings. The van der Waals surface area contributed by atoms with Crippen LogP contribution in [-0.4, -0.2) is 9.78 Å². The molecule has 62 valence electrons. The first-order chi connectivity index (χ1) is 5.70. The minimum Gasteiger partial charge on any atom is -0.265 e. The maximum absolute atomic E-state index is 13.4. The molecule has 0 atom stereocenters. The number of halogens is 2. The van der Waals surface area contributed by atoms with Gasteiger partial charge in [-0.25, -0.2) is 4.39 Å². The van der Waals surface area contributed by atoms with Crippen molar-refractivity contribution in [3.63, 3.8) is 0 Å². The smallest absolute Gasteiger partial charge is 0.162 e. The lowest BCUT2D eigenvalue weighted by molar-refractivity contribution is 0.619. The monoisotopic (exact) mass is 276 g/mol. The van der Waals surface area contributed by atoms with E-state index in [1.807, 2.05) is 28.7 Å². The predicted molar refractivity (Wildman–Crippen MR) is 53.4 cm³/mol. The highest BCUT2D eigenvalue weighted by atomic mass is 127. The molecule has 4 heteroatoms. The van der Waals surface area contributed by atoms with Crippen LogP contribution >= 0.6 is 22.6 Å². The van der Waals surface area contributed by atoms with Gasteiger partial charge in [-0.3, -0.25) is 4.68 Å². The van der Waals surface area contributed by atoms with Crippen LogP contribution in [0, 0.1) is 9.39 Å². The van der Waals surface area contributed by atoms with Crippen molar-refractivity contribution in [1.82, 2.24) is 9.78 Å². The van der Waals surface area contributed by atoms with Crippen LogP contribution in [0.5, 0.6) is 0 Å². The van der Waals surface area contributed by atoms with E-state index in [-0.39, 0.29) is 5.82 Å². The molecule has 0 radical (unpaired) electrons. The second kappa shape index (κ2) is 2.69. The Morgan fingerprint density at radius 1 is 1.50 bits per heavy atom. The van der Waals surface area contributed by atoms with E-state index in [0.717, 1.165) is 5.39 Å². The Hall–Kier alpha value is -0.650. The van der Waals surface area contributed by atoms with Gasteiger partial charge in [0, 0.05) is 12.4 Å². The molecule has 0 N–H and O–H groups in total. The summed E-state index contributed by atoms with van der Waals surface area (Å²) < 4.78 is 15.6. The Labute approximate surface area is 82.5 Å².